The van der Waals surface area contributed by atoms with E-state index in [4.69, 9.17) is 0 Å². The highest BCUT2D eigenvalue weighted by molar-refractivity contribution is 5.82. The van der Waals surface area contributed by atoms with Crippen LogP contribution in [0.25, 0.3) is 0 Å². The standard InChI is InChI=1S/C10H12N2O3/c1-11-5-4-9(14)12(10(11)15)6-8(13)7-2-3-7/h4-5,7H,2-3,6H2,1H3. The van der Waals surface area contributed by atoms with E-state index in [0.29, 0.717) is 0 Å². The van der Waals surface area contributed by atoms with Gasteiger partial charge in [-0.25, -0.2) is 4.79 Å². The van der Waals surface area contributed by atoms with Gasteiger partial charge in [-0.3, -0.25) is 14.2 Å². The molecule has 80 valence electrons. The number of hydrogen-bond donors (Lipinski definition) is 0. The van der Waals surface area contributed by atoms with Gasteiger partial charge in [-0.2, -0.15) is 0 Å². The first-order valence-corrected chi connectivity index (χ1v) is 4.89. The summed E-state index contributed by atoms with van der Waals surface area (Å²) in [5, 5.41) is 0. The first-order valence-electron chi connectivity index (χ1n) is 4.89. The first-order chi connectivity index (χ1) is 7.09. The quantitative estimate of drug-likeness (QED) is 0.674. The lowest BCUT2D eigenvalue weighted by molar-refractivity contribution is -0.120. The zero-order chi connectivity index (χ0) is 11.0. The van der Waals surface area contributed by atoms with Crippen molar-refractivity contribution in [3.8, 4) is 0 Å². The Labute approximate surface area is 86.0 Å². The summed E-state index contributed by atoms with van der Waals surface area (Å²) in [5.41, 5.74) is -0.844. The second kappa shape index (κ2) is 3.49. The van der Waals surface area contributed by atoms with Gasteiger partial charge in [0.1, 0.15) is 0 Å². The predicted octanol–water partition coefficient (Wildman–Crippen LogP) is -0.474. The van der Waals surface area contributed by atoms with Crippen LogP contribution in [0.4, 0.5) is 0 Å². The Hall–Kier alpha value is -1.65. The Bertz CT molecular complexity index is 508. The van der Waals surface area contributed by atoms with Gasteiger partial charge in [0.05, 0.1) is 6.54 Å². The second-order valence-electron chi connectivity index (χ2n) is 3.87. The molecule has 5 nitrogen and oxygen atoms in total. The van der Waals surface area contributed by atoms with E-state index in [2.05, 4.69) is 0 Å². The van der Waals surface area contributed by atoms with Crippen LogP contribution in [0.15, 0.2) is 21.9 Å². The number of rotatable bonds is 3. The number of carbonyl (C=O) groups excluding carboxylic acids is 1. The smallest absolute Gasteiger partial charge is 0.303 e. The van der Waals surface area contributed by atoms with Crippen molar-refractivity contribution in [2.75, 3.05) is 0 Å². The van der Waals surface area contributed by atoms with Crippen molar-refractivity contribution in [2.24, 2.45) is 13.0 Å². The van der Waals surface area contributed by atoms with Gasteiger partial charge in [-0.1, -0.05) is 0 Å². The largest absolute Gasteiger partial charge is 0.331 e. The summed E-state index contributed by atoms with van der Waals surface area (Å²) in [6.07, 6.45) is 3.18. The molecule has 0 atom stereocenters. The van der Waals surface area contributed by atoms with Crippen LogP contribution in [0.3, 0.4) is 0 Å². The van der Waals surface area contributed by atoms with Gasteiger partial charge in [-0.05, 0) is 12.8 Å². The number of carbonyl (C=O) groups is 1. The summed E-state index contributed by atoms with van der Waals surface area (Å²) >= 11 is 0. The lowest BCUT2D eigenvalue weighted by atomic mass is 10.2. The molecule has 15 heavy (non-hydrogen) atoms. The molecule has 0 radical (unpaired) electrons. The van der Waals surface area contributed by atoms with E-state index < -0.39 is 11.2 Å². The average Bonchev–Trinajstić information content (AvgIpc) is 3.02. The number of nitrogens with zero attached hydrogens (tertiary/aromatic N) is 2. The third-order valence-electron chi connectivity index (χ3n) is 2.59. The fraction of sp³-hybridized carbons (Fsp3) is 0.500. The zero-order valence-corrected chi connectivity index (χ0v) is 8.47. The average molecular weight is 208 g/mol. The minimum Gasteiger partial charge on any atom is -0.303 e. The third kappa shape index (κ3) is 1.91. The maximum absolute atomic E-state index is 11.5. The molecule has 1 fully saturated rings. The van der Waals surface area contributed by atoms with Crippen LogP contribution in [0.1, 0.15) is 12.8 Å². The van der Waals surface area contributed by atoms with E-state index in [9.17, 15) is 14.4 Å². The Morgan fingerprint density at radius 2 is 2.13 bits per heavy atom. The van der Waals surface area contributed by atoms with Crippen LogP contribution < -0.4 is 11.2 Å². The van der Waals surface area contributed by atoms with Crippen molar-refractivity contribution in [1.82, 2.24) is 9.13 Å². The van der Waals surface area contributed by atoms with Gasteiger partial charge in [0.25, 0.3) is 5.56 Å². The topological polar surface area (TPSA) is 61.1 Å². The predicted molar refractivity (Wildman–Crippen MR) is 53.7 cm³/mol. The van der Waals surface area contributed by atoms with Crippen molar-refractivity contribution >= 4 is 5.78 Å². The van der Waals surface area contributed by atoms with Gasteiger partial charge < -0.3 is 4.57 Å². The fourth-order valence-corrected chi connectivity index (χ4v) is 1.45. The molecule has 0 aliphatic heterocycles. The molecule has 0 bridgehead atoms. The van der Waals surface area contributed by atoms with Crippen LogP contribution >= 0.6 is 0 Å². The monoisotopic (exact) mass is 208 g/mol. The molecule has 0 amide bonds. The van der Waals surface area contributed by atoms with E-state index in [-0.39, 0.29) is 18.2 Å². The minimum absolute atomic E-state index is 0.0135. The summed E-state index contributed by atoms with van der Waals surface area (Å²) in [5.74, 6) is 0.0576. The number of hydrogen-bond acceptors (Lipinski definition) is 3. The van der Waals surface area contributed by atoms with Crippen molar-refractivity contribution in [3.05, 3.63) is 33.1 Å². The summed E-state index contributed by atoms with van der Waals surface area (Å²) < 4.78 is 2.28. The second-order valence-corrected chi connectivity index (χ2v) is 3.87. The Kier molecular flexibility index (Phi) is 2.30. The molecule has 0 aromatic carbocycles. The number of aromatic nitrogens is 2. The normalized spacial score (nSPS) is 15.3. The maximum Gasteiger partial charge on any atom is 0.331 e. The maximum atomic E-state index is 11.5. The lowest BCUT2D eigenvalue weighted by Gasteiger charge is -2.04. The Morgan fingerprint density at radius 1 is 1.47 bits per heavy atom. The van der Waals surface area contributed by atoms with Crippen LogP contribution in [0.2, 0.25) is 0 Å². The highest BCUT2D eigenvalue weighted by atomic mass is 16.2. The molecule has 0 spiro atoms. The van der Waals surface area contributed by atoms with Crippen molar-refractivity contribution < 1.29 is 4.79 Å². The SMILES string of the molecule is Cn1ccc(=O)n(CC(=O)C2CC2)c1=O. The van der Waals surface area contributed by atoms with Crippen molar-refractivity contribution in [1.29, 1.82) is 0 Å². The molecular formula is C10H12N2O3. The molecule has 0 unspecified atom stereocenters. The van der Waals surface area contributed by atoms with Gasteiger partial charge in [0.2, 0.25) is 0 Å². The van der Waals surface area contributed by atoms with E-state index in [1.807, 2.05) is 0 Å². The van der Waals surface area contributed by atoms with Gasteiger partial charge >= 0.3 is 5.69 Å². The molecule has 1 aliphatic rings. The molecule has 1 heterocycles. The Morgan fingerprint density at radius 3 is 2.73 bits per heavy atom. The van der Waals surface area contributed by atoms with E-state index in [0.717, 1.165) is 17.4 Å². The molecule has 1 aromatic heterocycles. The van der Waals surface area contributed by atoms with Crippen molar-refractivity contribution in [3.63, 3.8) is 0 Å². The Balaban J connectivity index is 2.34. The van der Waals surface area contributed by atoms with Gasteiger partial charge in [-0.15, -0.1) is 0 Å². The zero-order valence-electron chi connectivity index (χ0n) is 8.47. The molecule has 5 heteroatoms. The summed E-state index contributed by atoms with van der Waals surface area (Å²) in [4.78, 5) is 34.4. The fourth-order valence-electron chi connectivity index (χ4n) is 1.45. The summed E-state index contributed by atoms with van der Waals surface area (Å²) in [6.45, 7) is -0.0863. The third-order valence-corrected chi connectivity index (χ3v) is 2.59. The van der Waals surface area contributed by atoms with Gasteiger partial charge in [0.15, 0.2) is 5.78 Å². The minimum atomic E-state index is -0.434. The first kappa shape index (κ1) is 9.89. The van der Waals surface area contributed by atoms with Gasteiger partial charge in [0, 0.05) is 25.2 Å². The number of ketones is 1. The highest BCUT2D eigenvalue weighted by Gasteiger charge is 2.29. The van der Waals surface area contributed by atoms with E-state index >= 15 is 0 Å². The lowest BCUT2D eigenvalue weighted by Crippen LogP contribution is -2.40. The van der Waals surface area contributed by atoms with Crippen LogP contribution in [-0.2, 0) is 18.4 Å². The summed E-state index contributed by atoms with van der Waals surface area (Å²) in [7, 11) is 1.56. The van der Waals surface area contributed by atoms with E-state index in [1.165, 1.54) is 16.8 Å². The molecule has 2 rings (SSSR count). The van der Waals surface area contributed by atoms with Crippen LogP contribution in [0.5, 0.6) is 0 Å². The van der Waals surface area contributed by atoms with E-state index in [1.54, 1.807) is 7.05 Å². The molecule has 1 aromatic rings. The highest BCUT2D eigenvalue weighted by Crippen LogP contribution is 2.29. The number of Topliss-reactive ketones (excluding diaryl/α,β-unsaturated/α-hetero) is 1. The van der Waals surface area contributed by atoms with Crippen LogP contribution in [0, 0.1) is 5.92 Å². The molecule has 0 N–H and O–H groups in total. The van der Waals surface area contributed by atoms with Crippen molar-refractivity contribution in [2.45, 2.75) is 19.4 Å². The molecule has 1 saturated carbocycles. The molecular weight excluding hydrogens is 196 g/mol. The summed E-state index contributed by atoms with van der Waals surface area (Å²) in [6, 6.07) is 1.29. The molecule has 0 saturated heterocycles. The van der Waals surface area contributed by atoms with Crippen LogP contribution in [-0.4, -0.2) is 14.9 Å². The number of aryl methyl sites for hydroxylation is 1. The molecule has 1 aliphatic carbocycles.